The molecule has 7 aromatic carbocycles. The van der Waals surface area contributed by atoms with E-state index in [1.54, 1.807) is 6.07 Å². The summed E-state index contributed by atoms with van der Waals surface area (Å²) in [5.41, 5.74) is 8.35. The fourth-order valence-corrected chi connectivity index (χ4v) is 8.00. The molecule has 252 valence electrons. The van der Waals surface area contributed by atoms with Gasteiger partial charge in [-0.15, -0.1) is 16.4 Å². The zero-order valence-electron chi connectivity index (χ0n) is 30.3. The summed E-state index contributed by atoms with van der Waals surface area (Å²) in [7, 11) is 31.6. The summed E-state index contributed by atoms with van der Waals surface area (Å²) in [6.07, 6.45) is 0. The van der Waals surface area contributed by atoms with Gasteiger partial charge < -0.3 is 9.13 Å². The van der Waals surface area contributed by atoms with Gasteiger partial charge in [-0.05, 0) is 48.5 Å². The molecule has 0 saturated heterocycles. The highest BCUT2D eigenvalue weighted by Gasteiger charge is 2.23. The Morgan fingerprint density at radius 1 is 0.456 bits per heavy atom. The highest BCUT2D eigenvalue weighted by molar-refractivity contribution is 6.68. The Hall–Kier alpha value is -7.04. The summed E-state index contributed by atoms with van der Waals surface area (Å²) < 4.78 is 4.50. The third-order valence-corrected chi connectivity index (χ3v) is 10.7. The first-order chi connectivity index (χ1) is 27.8. The van der Waals surface area contributed by atoms with Crippen LogP contribution >= 0.6 is 0 Å². The molecule has 11 heteroatoms. The fourth-order valence-electron chi connectivity index (χ4n) is 8.00. The van der Waals surface area contributed by atoms with Crippen LogP contribution in [-0.4, -0.2) is 63.3 Å². The van der Waals surface area contributed by atoms with Crippen molar-refractivity contribution in [2.45, 2.75) is 0 Å². The Morgan fingerprint density at radius 2 is 1.02 bits per heavy atom. The van der Waals surface area contributed by atoms with Gasteiger partial charge in [-0.25, -0.2) is 15.0 Å². The van der Waals surface area contributed by atoms with Crippen LogP contribution in [0.15, 0.2) is 140 Å². The molecule has 10 radical (unpaired) electrons. The number of para-hydroxylation sites is 3. The highest BCUT2D eigenvalue weighted by Crippen LogP contribution is 2.42. The Balaban J connectivity index is 1.24. The van der Waals surface area contributed by atoms with Crippen LogP contribution in [-0.2, 0) is 0 Å². The third kappa shape index (κ3) is 5.28. The number of rotatable bonds is 5. The second-order valence-electron chi connectivity index (χ2n) is 13.9. The van der Waals surface area contributed by atoms with Crippen molar-refractivity contribution in [1.82, 2.24) is 24.1 Å². The summed E-state index contributed by atoms with van der Waals surface area (Å²) in [5.74, 6) is 0.824. The SMILES string of the molecule is [B]c1c([B])c([B])c(-c2nc(-c3ccccc3)nc(-c3ccc(-n4c5ccccc5c5ccc6c(c7ccccc7n6-c6ccccc6)c54)c(C#N)c3)n2)c([B])c1[B]. The quantitative estimate of drug-likeness (QED) is 0.238. The van der Waals surface area contributed by atoms with Gasteiger partial charge in [0, 0.05) is 43.9 Å². The molecule has 0 N–H and O–H groups in total. The van der Waals surface area contributed by atoms with Crippen molar-refractivity contribution >= 4 is 110 Å². The maximum Gasteiger partial charge on any atom is 0.164 e. The number of nitriles is 1. The van der Waals surface area contributed by atoms with E-state index in [-0.39, 0.29) is 38.7 Å². The molecule has 0 atom stereocenters. The van der Waals surface area contributed by atoms with Crippen LogP contribution in [0.4, 0.5) is 0 Å². The Kier molecular flexibility index (Phi) is 8.05. The van der Waals surface area contributed by atoms with Crippen molar-refractivity contribution in [3.63, 3.8) is 0 Å². The summed E-state index contributed by atoms with van der Waals surface area (Å²) in [4.78, 5) is 14.5. The molecule has 57 heavy (non-hydrogen) atoms. The molecule has 6 nitrogen and oxygen atoms in total. The van der Waals surface area contributed by atoms with Crippen LogP contribution in [0.3, 0.4) is 0 Å². The van der Waals surface area contributed by atoms with E-state index in [9.17, 15) is 5.26 Å². The number of benzene rings is 7. The third-order valence-electron chi connectivity index (χ3n) is 10.7. The molecule has 0 amide bonds. The zero-order valence-corrected chi connectivity index (χ0v) is 30.3. The molecule has 3 heterocycles. The molecule has 0 fully saturated rings. The van der Waals surface area contributed by atoms with Crippen molar-refractivity contribution in [2.75, 3.05) is 0 Å². The van der Waals surface area contributed by atoms with E-state index in [1.165, 1.54) is 0 Å². The minimum atomic E-state index is 0.0863. The molecule has 0 unspecified atom stereocenters. The maximum atomic E-state index is 10.9. The van der Waals surface area contributed by atoms with Crippen LogP contribution in [0.1, 0.15) is 5.56 Å². The van der Waals surface area contributed by atoms with Gasteiger partial charge in [0.15, 0.2) is 17.5 Å². The molecule has 0 bridgehead atoms. The van der Waals surface area contributed by atoms with E-state index in [4.69, 9.17) is 54.2 Å². The molecule has 10 rings (SSSR count). The highest BCUT2D eigenvalue weighted by atomic mass is 15.0. The molecular weight excluding hydrogens is 691 g/mol. The van der Waals surface area contributed by atoms with Crippen LogP contribution in [0.25, 0.3) is 89.2 Å². The molecule has 0 aliphatic carbocycles. The molecule has 10 aromatic rings. The maximum absolute atomic E-state index is 10.9. The van der Waals surface area contributed by atoms with Gasteiger partial charge in [0.1, 0.15) is 45.3 Å². The predicted molar refractivity (Wildman–Crippen MR) is 236 cm³/mol. The lowest BCUT2D eigenvalue weighted by Gasteiger charge is -2.20. The lowest BCUT2D eigenvalue weighted by Crippen LogP contribution is -2.55. The first-order valence-corrected chi connectivity index (χ1v) is 18.2. The number of hydrogen-bond acceptors (Lipinski definition) is 4. The summed E-state index contributed by atoms with van der Waals surface area (Å²) in [6.45, 7) is 0. The van der Waals surface area contributed by atoms with Gasteiger partial charge in [-0.2, -0.15) is 5.26 Å². The van der Waals surface area contributed by atoms with Gasteiger partial charge in [0.05, 0.1) is 33.3 Å². The first kappa shape index (κ1) is 34.5. The monoisotopic (exact) mass is 714 g/mol. The summed E-state index contributed by atoms with van der Waals surface area (Å²) in [5, 5.41) is 15.2. The van der Waals surface area contributed by atoms with E-state index in [0.717, 1.165) is 54.9 Å². The largest absolute Gasteiger partial charge is 0.309 e. The summed E-state index contributed by atoms with van der Waals surface area (Å²) >= 11 is 0. The van der Waals surface area contributed by atoms with Crippen LogP contribution in [0.2, 0.25) is 0 Å². The van der Waals surface area contributed by atoms with E-state index in [1.807, 2.05) is 60.7 Å². The smallest absolute Gasteiger partial charge is 0.164 e. The Morgan fingerprint density at radius 3 is 1.70 bits per heavy atom. The molecular formula is C46H23B5N6. The van der Waals surface area contributed by atoms with Crippen molar-refractivity contribution < 1.29 is 0 Å². The standard InChI is InChI=1S/C46H23B5N6/c47-38-37(39(48)41(50)42(51)40(38)49)46-54-44(25-11-3-1-4-12-25)53-45(55-46)26-19-21-32(27(23-26)24-52)57-33-17-9-7-15-29(33)30-20-22-35-36(43(30)57)31-16-8-10-18-34(31)56(35)28-13-5-2-6-14-28/h1-23H. The lowest BCUT2D eigenvalue weighted by atomic mass is 9.60. The second kappa shape index (κ2) is 13.3. The molecule has 0 aliphatic heterocycles. The number of hydrogen-bond donors (Lipinski definition) is 0. The molecule has 3 aromatic heterocycles. The topological polar surface area (TPSA) is 72.3 Å². The van der Waals surface area contributed by atoms with Gasteiger partial charge in [-0.1, -0.05) is 102 Å². The van der Waals surface area contributed by atoms with Crippen LogP contribution in [0, 0.1) is 11.3 Å². The van der Waals surface area contributed by atoms with E-state index in [2.05, 4.69) is 88.0 Å². The Labute approximate surface area is 334 Å². The van der Waals surface area contributed by atoms with Gasteiger partial charge in [0.25, 0.3) is 0 Å². The molecule has 0 saturated carbocycles. The fraction of sp³-hybridized carbons (Fsp3) is 0. The van der Waals surface area contributed by atoms with Crippen LogP contribution in [0.5, 0.6) is 0 Å². The zero-order chi connectivity index (χ0) is 38.9. The average molecular weight is 714 g/mol. The first-order valence-electron chi connectivity index (χ1n) is 18.2. The lowest BCUT2D eigenvalue weighted by molar-refractivity contribution is 1.08. The minimum absolute atomic E-state index is 0.0863. The normalized spacial score (nSPS) is 11.5. The minimum Gasteiger partial charge on any atom is -0.309 e. The van der Waals surface area contributed by atoms with Crippen molar-refractivity contribution in [3.8, 4) is 51.6 Å². The van der Waals surface area contributed by atoms with E-state index < -0.39 is 0 Å². The van der Waals surface area contributed by atoms with E-state index >= 15 is 0 Å². The van der Waals surface area contributed by atoms with Crippen molar-refractivity contribution in [2.24, 2.45) is 0 Å². The van der Waals surface area contributed by atoms with Crippen molar-refractivity contribution in [1.29, 1.82) is 5.26 Å². The molecule has 0 aliphatic rings. The number of aromatic nitrogens is 5. The average Bonchev–Trinajstić information content (AvgIpc) is 3.78. The van der Waals surface area contributed by atoms with Gasteiger partial charge in [-0.3, -0.25) is 0 Å². The summed E-state index contributed by atoms with van der Waals surface area (Å²) in [6, 6.07) is 49.1. The predicted octanol–water partition coefficient (Wildman–Crippen LogP) is 4.91. The Bertz CT molecular complexity index is 3290. The van der Waals surface area contributed by atoms with Gasteiger partial charge in [0.2, 0.25) is 0 Å². The number of nitrogens with zero attached hydrogens (tertiary/aromatic N) is 6. The molecule has 0 spiro atoms. The van der Waals surface area contributed by atoms with E-state index in [0.29, 0.717) is 28.5 Å². The second-order valence-corrected chi connectivity index (χ2v) is 13.9. The van der Waals surface area contributed by atoms with Crippen LogP contribution < -0.4 is 27.3 Å². The van der Waals surface area contributed by atoms with Gasteiger partial charge >= 0.3 is 0 Å². The number of fused-ring (bicyclic) bond motifs is 7. The van der Waals surface area contributed by atoms with Crippen molar-refractivity contribution in [3.05, 3.63) is 145 Å².